The van der Waals surface area contributed by atoms with E-state index in [4.69, 9.17) is 0 Å². The van der Waals surface area contributed by atoms with Crippen molar-refractivity contribution in [3.05, 3.63) is 0 Å². The number of aliphatic hydroxyl groups excluding tert-OH is 1. The van der Waals surface area contributed by atoms with E-state index in [0.717, 1.165) is 35.5 Å². The van der Waals surface area contributed by atoms with Crippen LogP contribution in [0.1, 0.15) is 32.1 Å². The van der Waals surface area contributed by atoms with E-state index in [2.05, 4.69) is 0 Å². The lowest BCUT2D eigenvalue weighted by Crippen LogP contribution is -2.17. The summed E-state index contributed by atoms with van der Waals surface area (Å²) in [4.78, 5) is 0. The summed E-state index contributed by atoms with van der Waals surface area (Å²) in [5.74, 6) is 5.51. The summed E-state index contributed by atoms with van der Waals surface area (Å²) in [6.45, 7) is 0. The maximum absolute atomic E-state index is 10.1. The molecular weight excluding hydrogens is 160 g/mol. The van der Waals surface area contributed by atoms with Crippen LogP contribution in [0.2, 0.25) is 0 Å². The van der Waals surface area contributed by atoms with E-state index in [9.17, 15) is 5.11 Å². The average molecular weight is 178 g/mol. The van der Waals surface area contributed by atoms with Gasteiger partial charge in [-0.05, 0) is 67.6 Å². The van der Waals surface area contributed by atoms with Gasteiger partial charge >= 0.3 is 0 Å². The van der Waals surface area contributed by atoms with E-state index >= 15 is 0 Å². The molecule has 1 heteroatoms. The molecule has 4 aliphatic carbocycles. The fourth-order valence-electron chi connectivity index (χ4n) is 4.60. The van der Waals surface area contributed by atoms with Gasteiger partial charge in [0.05, 0.1) is 6.10 Å². The normalized spacial score (nSPS) is 59.3. The van der Waals surface area contributed by atoms with Crippen molar-refractivity contribution < 1.29 is 5.11 Å². The Kier molecular flexibility index (Phi) is 1.19. The minimum atomic E-state index is 0.110. The van der Waals surface area contributed by atoms with Crippen molar-refractivity contribution in [1.29, 1.82) is 0 Å². The monoisotopic (exact) mass is 178 g/mol. The van der Waals surface area contributed by atoms with Gasteiger partial charge in [0.15, 0.2) is 0 Å². The van der Waals surface area contributed by atoms with Crippen LogP contribution in [0, 0.1) is 35.5 Å². The molecule has 5 atom stereocenters. The molecule has 1 N–H and O–H groups in total. The molecule has 1 nitrogen and oxygen atoms in total. The first-order chi connectivity index (χ1) is 6.36. The first-order valence-electron chi connectivity index (χ1n) is 6.04. The fourth-order valence-corrected chi connectivity index (χ4v) is 4.60. The number of hydrogen-bond acceptors (Lipinski definition) is 1. The predicted molar refractivity (Wildman–Crippen MR) is 50.0 cm³/mol. The molecule has 0 aromatic rings. The number of aliphatic hydroxyl groups is 1. The number of fused-ring (bicyclic) bond motifs is 5. The van der Waals surface area contributed by atoms with Gasteiger partial charge in [0.25, 0.3) is 0 Å². The Morgan fingerprint density at radius 2 is 1.54 bits per heavy atom. The van der Waals surface area contributed by atoms with Crippen LogP contribution < -0.4 is 0 Å². The third-order valence-electron chi connectivity index (χ3n) is 5.29. The van der Waals surface area contributed by atoms with Crippen LogP contribution in [0.25, 0.3) is 0 Å². The summed E-state index contributed by atoms with van der Waals surface area (Å²) < 4.78 is 0. The molecule has 0 aliphatic heterocycles. The van der Waals surface area contributed by atoms with Crippen molar-refractivity contribution in [2.24, 2.45) is 35.5 Å². The van der Waals surface area contributed by atoms with Crippen LogP contribution in [0.15, 0.2) is 0 Å². The minimum Gasteiger partial charge on any atom is -0.393 e. The van der Waals surface area contributed by atoms with Gasteiger partial charge in [-0.25, -0.2) is 0 Å². The van der Waals surface area contributed by atoms with Gasteiger partial charge < -0.3 is 5.11 Å². The van der Waals surface area contributed by atoms with Gasteiger partial charge in [-0.1, -0.05) is 0 Å². The molecule has 4 saturated carbocycles. The summed E-state index contributed by atoms with van der Waals surface area (Å²) in [6, 6.07) is 0. The zero-order chi connectivity index (χ0) is 8.58. The third-order valence-corrected chi connectivity index (χ3v) is 5.29. The van der Waals surface area contributed by atoms with Crippen LogP contribution >= 0.6 is 0 Å². The quantitative estimate of drug-likeness (QED) is 0.686. The second kappa shape index (κ2) is 2.13. The molecule has 4 rings (SSSR count). The van der Waals surface area contributed by atoms with Crippen molar-refractivity contribution in [3.8, 4) is 0 Å². The molecular formula is C12H18O. The Hall–Kier alpha value is -0.0400. The number of rotatable bonds is 2. The molecule has 0 amide bonds. The van der Waals surface area contributed by atoms with Gasteiger partial charge in [0, 0.05) is 0 Å². The number of hydrogen-bond donors (Lipinski definition) is 1. The minimum absolute atomic E-state index is 0.110. The molecule has 13 heavy (non-hydrogen) atoms. The molecule has 5 unspecified atom stereocenters. The Morgan fingerprint density at radius 1 is 0.923 bits per heavy atom. The zero-order valence-corrected chi connectivity index (χ0v) is 8.02. The van der Waals surface area contributed by atoms with E-state index in [1.54, 1.807) is 0 Å². The average Bonchev–Trinajstić information content (AvgIpc) is 3.04. The van der Waals surface area contributed by atoms with Crippen molar-refractivity contribution in [2.45, 2.75) is 38.2 Å². The summed E-state index contributed by atoms with van der Waals surface area (Å²) in [7, 11) is 0. The SMILES string of the molecule is OC(C1CC1)C1C2C3CCC(C3)C21. The Morgan fingerprint density at radius 3 is 2.08 bits per heavy atom. The highest BCUT2D eigenvalue weighted by Crippen LogP contribution is 2.71. The molecule has 0 spiro atoms. The van der Waals surface area contributed by atoms with Crippen LogP contribution in [-0.4, -0.2) is 11.2 Å². The first kappa shape index (κ1) is 7.28. The van der Waals surface area contributed by atoms with E-state index in [1.165, 1.54) is 32.1 Å². The van der Waals surface area contributed by atoms with Crippen molar-refractivity contribution in [3.63, 3.8) is 0 Å². The topological polar surface area (TPSA) is 20.2 Å². The lowest BCUT2D eigenvalue weighted by molar-refractivity contribution is 0.107. The maximum atomic E-state index is 10.1. The second-order valence-electron chi connectivity index (χ2n) is 5.89. The van der Waals surface area contributed by atoms with Gasteiger partial charge in [-0.15, -0.1) is 0 Å². The molecule has 72 valence electrons. The molecule has 0 saturated heterocycles. The molecule has 0 aromatic heterocycles. The van der Waals surface area contributed by atoms with Crippen LogP contribution in [0.4, 0.5) is 0 Å². The summed E-state index contributed by atoms with van der Waals surface area (Å²) >= 11 is 0. The highest BCUT2D eigenvalue weighted by Gasteiger charge is 2.67. The van der Waals surface area contributed by atoms with E-state index < -0.39 is 0 Å². The highest BCUT2D eigenvalue weighted by atomic mass is 16.3. The Bertz CT molecular complexity index is 230. The molecule has 4 aliphatic rings. The zero-order valence-electron chi connectivity index (χ0n) is 8.02. The molecule has 4 fully saturated rings. The van der Waals surface area contributed by atoms with Gasteiger partial charge in [0.2, 0.25) is 0 Å². The second-order valence-corrected chi connectivity index (χ2v) is 5.89. The van der Waals surface area contributed by atoms with Crippen LogP contribution in [0.3, 0.4) is 0 Å². The lowest BCUT2D eigenvalue weighted by atomic mass is 9.97. The van der Waals surface area contributed by atoms with E-state index in [1.807, 2.05) is 0 Å². The third kappa shape index (κ3) is 0.823. The summed E-state index contributed by atoms with van der Waals surface area (Å²) in [5.41, 5.74) is 0. The van der Waals surface area contributed by atoms with Crippen molar-refractivity contribution in [2.75, 3.05) is 0 Å². The predicted octanol–water partition coefficient (Wildman–Crippen LogP) is 2.05. The first-order valence-corrected chi connectivity index (χ1v) is 6.04. The lowest BCUT2D eigenvalue weighted by Gasteiger charge is -2.13. The summed E-state index contributed by atoms with van der Waals surface area (Å²) in [5, 5.41) is 10.1. The van der Waals surface area contributed by atoms with Gasteiger partial charge in [-0.2, -0.15) is 0 Å². The van der Waals surface area contributed by atoms with E-state index in [-0.39, 0.29) is 6.10 Å². The smallest absolute Gasteiger partial charge is 0.0602 e. The summed E-state index contributed by atoms with van der Waals surface area (Å²) in [6.07, 6.45) is 7.22. The highest BCUT2D eigenvalue weighted by molar-refractivity contribution is 5.15. The fraction of sp³-hybridized carbons (Fsp3) is 1.00. The molecule has 0 heterocycles. The van der Waals surface area contributed by atoms with Gasteiger partial charge in [0.1, 0.15) is 0 Å². The standard InChI is InChI=1S/C12H18O/c13-12(6-1-2-6)11-9-7-3-4-8(5-7)10(9)11/h6-13H,1-5H2. The molecule has 0 radical (unpaired) electrons. The van der Waals surface area contributed by atoms with Crippen molar-refractivity contribution >= 4 is 0 Å². The molecule has 0 aromatic carbocycles. The Balaban J connectivity index is 1.54. The molecule has 2 bridgehead atoms. The van der Waals surface area contributed by atoms with Crippen molar-refractivity contribution in [1.82, 2.24) is 0 Å². The largest absolute Gasteiger partial charge is 0.393 e. The maximum Gasteiger partial charge on any atom is 0.0602 e. The van der Waals surface area contributed by atoms with E-state index in [0.29, 0.717) is 0 Å². The Labute approximate surface area is 79.5 Å². The van der Waals surface area contributed by atoms with Gasteiger partial charge in [-0.3, -0.25) is 0 Å². The van der Waals surface area contributed by atoms with Crippen LogP contribution in [-0.2, 0) is 0 Å². The van der Waals surface area contributed by atoms with Crippen LogP contribution in [0.5, 0.6) is 0 Å².